The first kappa shape index (κ1) is 9.51. The fraction of sp³-hybridized carbons (Fsp3) is 1.00. The number of quaternary nitrogens is 1. The van der Waals surface area contributed by atoms with Gasteiger partial charge in [0.15, 0.2) is 0 Å². The molecule has 13 heavy (non-hydrogen) atoms. The lowest BCUT2D eigenvalue weighted by Crippen LogP contribution is -2.54. The fourth-order valence-electron chi connectivity index (χ4n) is 3.38. The van der Waals surface area contributed by atoms with E-state index in [1.807, 2.05) is 0 Å². The second kappa shape index (κ2) is 4.00. The molecular weight excluding hydrogens is 158 g/mol. The quantitative estimate of drug-likeness (QED) is 0.645. The third kappa shape index (κ3) is 2.07. The molecule has 0 aromatic rings. The van der Waals surface area contributed by atoms with Crippen LogP contribution in [0.2, 0.25) is 0 Å². The van der Waals surface area contributed by atoms with Crippen LogP contribution in [0.25, 0.3) is 0 Å². The first-order chi connectivity index (χ1) is 6.35. The molecule has 0 bridgehead atoms. The zero-order chi connectivity index (χ0) is 9.15. The van der Waals surface area contributed by atoms with Gasteiger partial charge in [0.05, 0.1) is 6.54 Å². The molecule has 2 fully saturated rings. The average molecular weight is 182 g/mol. The van der Waals surface area contributed by atoms with Crippen LogP contribution in [-0.4, -0.2) is 6.54 Å². The Balaban J connectivity index is 1.87. The van der Waals surface area contributed by atoms with E-state index in [9.17, 15) is 0 Å². The molecule has 0 heterocycles. The minimum Gasteiger partial charge on any atom is -0.357 e. The summed E-state index contributed by atoms with van der Waals surface area (Å²) < 4.78 is 0. The van der Waals surface area contributed by atoms with Gasteiger partial charge in [0.25, 0.3) is 0 Å². The van der Waals surface area contributed by atoms with Crippen LogP contribution >= 0.6 is 0 Å². The topological polar surface area (TPSA) is 27.6 Å². The molecule has 0 aromatic carbocycles. The van der Waals surface area contributed by atoms with Gasteiger partial charge < -0.3 is 5.73 Å². The van der Waals surface area contributed by atoms with E-state index in [1.54, 1.807) is 0 Å². The Morgan fingerprint density at radius 2 is 1.54 bits per heavy atom. The van der Waals surface area contributed by atoms with E-state index in [0.717, 1.165) is 11.3 Å². The molecule has 3 N–H and O–H groups in total. The van der Waals surface area contributed by atoms with Crippen LogP contribution in [0, 0.1) is 11.3 Å². The largest absolute Gasteiger partial charge is 0.357 e. The van der Waals surface area contributed by atoms with E-state index in [4.69, 9.17) is 0 Å². The monoisotopic (exact) mass is 182 g/mol. The Morgan fingerprint density at radius 1 is 0.923 bits per heavy atom. The van der Waals surface area contributed by atoms with Gasteiger partial charge in [-0.25, -0.2) is 0 Å². The summed E-state index contributed by atoms with van der Waals surface area (Å²) in [5, 5.41) is 0. The van der Waals surface area contributed by atoms with Crippen molar-refractivity contribution in [1.82, 2.24) is 0 Å². The van der Waals surface area contributed by atoms with Crippen molar-refractivity contribution in [1.29, 1.82) is 0 Å². The van der Waals surface area contributed by atoms with Gasteiger partial charge in [-0.15, -0.1) is 0 Å². The van der Waals surface area contributed by atoms with E-state index in [-0.39, 0.29) is 0 Å². The fourth-order valence-corrected chi connectivity index (χ4v) is 3.38. The van der Waals surface area contributed by atoms with E-state index < -0.39 is 0 Å². The molecule has 0 amide bonds. The Kier molecular flexibility index (Phi) is 2.92. The number of rotatable bonds is 1. The van der Waals surface area contributed by atoms with Crippen molar-refractivity contribution in [3.8, 4) is 0 Å². The van der Waals surface area contributed by atoms with Crippen LogP contribution in [0.4, 0.5) is 0 Å². The van der Waals surface area contributed by atoms with Crippen molar-refractivity contribution >= 4 is 0 Å². The van der Waals surface area contributed by atoms with Gasteiger partial charge >= 0.3 is 0 Å². The zero-order valence-electron chi connectivity index (χ0n) is 8.86. The third-order valence-electron chi connectivity index (χ3n) is 4.49. The van der Waals surface area contributed by atoms with Crippen molar-refractivity contribution in [3.05, 3.63) is 0 Å². The molecular formula is C12H24N+. The zero-order valence-corrected chi connectivity index (χ0v) is 8.86. The smallest absolute Gasteiger partial charge is 0.0768 e. The summed E-state index contributed by atoms with van der Waals surface area (Å²) in [4.78, 5) is 0. The first-order valence-corrected chi connectivity index (χ1v) is 6.14. The minimum absolute atomic E-state index is 0.809. The Hall–Kier alpha value is -0.0400. The van der Waals surface area contributed by atoms with Crippen LogP contribution in [0.5, 0.6) is 0 Å². The van der Waals surface area contributed by atoms with Gasteiger partial charge in [0, 0.05) is 5.92 Å². The molecule has 2 aliphatic carbocycles. The Morgan fingerprint density at radius 3 is 2.08 bits per heavy atom. The molecule has 1 nitrogen and oxygen atoms in total. The normalized spacial score (nSPS) is 29.3. The van der Waals surface area contributed by atoms with Crippen LogP contribution in [0.3, 0.4) is 0 Å². The predicted octanol–water partition coefficient (Wildman–Crippen LogP) is 2.37. The second-order valence-corrected chi connectivity index (χ2v) is 5.29. The van der Waals surface area contributed by atoms with E-state index in [2.05, 4.69) is 5.73 Å². The summed E-state index contributed by atoms with van der Waals surface area (Å²) in [6, 6.07) is 0. The lowest BCUT2D eigenvalue weighted by atomic mass is 9.63. The summed E-state index contributed by atoms with van der Waals surface area (Å²) >= 11 is 0. The Labute approximate surface area is 82.1 Å². The molecule has 76 valence electrons. The van der Waals surface area contributed by atoms with Crippen molar-refractivity contribution in [2.24, 2.45) is 11.3 Å². The molecule has 0 unspecified atom stereocenters. The lowest BCUT2D eigenvalue weighted by molar-refractivity contribution is -0.381. The van der Waals surface area contributed by atoms with Crippen LogP contribution in [0.15, 0.2) is 0 Å². The van der Waals surface area contributed by atoms with Crippen molar-refractivity contribution in [3.63, 3.8) is 0 Å². The second-order valence-electron chi connectivity index (χ2n) is 5.29. The van der Waals surface area contributed by atoms with E-state index in [0.29, 0.717) is 0 Å². The molecule has 0 radical (unpaired) electrons. The molecule has 0 atom stereocenters. The van der Waals surface area contributed by atoms with Gasteiger partial charge in [-0.1, -0.05) is 19.3 Å². The van der Waals surface area contributed by atoms with Crippen LogP contribution in [0.1, 0.15) is 57.8 Å². The summed E-state index contributed by atoms with van der Waals surface area (Å²) in [5.74, 6) is 0.965. The summed E-state index contributed by atoms with van der Waals surface area (Å²) in [6.45, 7) is 1.18. The van der Waals surface area contributed by atoms with Crippen molar-refractivity contribution in [2.75, 3.05) is 6.54 Å². The van der Waals surface area contributed by atoms with E-state index in [1.165, 1.54) is 64.3 Å². The third-order valence-corrected chi connectivity index (χ3v) is 4.49. The number of hydrogen-bond acceptors (Lipinski definition) is 0. The minimum atomic E-state index is 0.809. The summed E-state index contributed by atoms with van der Waals surface area (Å²) in [5.41, 5.74) is 4.85. The van der Waals surface area contributed by atoms with Gasteiger partial charge in [0.2, 0.25) is 0 Å². The van der Waals surface area contributed by atoms with Crippen molar-refractivity contribution < 1.29 is 5.73 Å². The maximum Gasteiger partial charge on any atom is 0.0768 e. The summed E-state index contributed by atoms with van der Waals surface area (Å²) in [6.07, 6.45) is 13.6. The van der Waals surface area contributed by atoms with Gasteiger partial charge in [0.1, 0.15) is 0 Å². The van der Waals surface area contributed by atoms with E-state index >= 15 is 0 Å². The highest BCUT2D eigenvalue weighted by Crippen LogP contribution is 2.48. The molecule has 0 aliphatic heterocycles. The van der Waals surface area contributed by atoms with Gasteiger partial charge in [-0.05, 0) is 43.9 Å². The maximum atomic E-state index is 4.04. The highest BCUT2D eigenvalue weighted by molar-refractivity contribution is 4.87. The standard InChI is InChI=1S/C12H23N/c13-10-11-4-8-12(9-5-11)6-2-1-3-7-12/h11H,1-10,13H2/p+1. The van der Waals surface area contributed by atoms with Crippen LogP contribution in [-0.2, 0) is 0 Å². The molecule has 0 aromatic heterocycles. The molecule has 2 aliphatic rings. The van der Waals surface area contributed by atoms with Gasteiger partial charge in [-0.3, -0.25) is 0 Å². The summed E-state index contributed by atoms with van der Waals surface area (Å²) in [7, 11) is 0. The van der Waals surface area contributed by atoms with Gasteiger partial charge in [-0.2, -0.15) is 0 Å². The predicted molar refractivity (Wildman–Crippen MR) is 55.2 cm³/mol. The maximum absolute atomic E-state index is 4.04. The Bertz CT molecular complexity index is 149. The lowest BCUT2D eigenvalue weighted by Gasteiger charge is -2.42. The molecule has 2 rings (SSSR count). The molecule has 1 spiro atoms. The highest BCUT2D eigenvalue weighted by Gasteiger charge is 2.35. The first-order valence-electron chi connectivity index (χ1n) is 6.14. The van der Waals surface area contributed by atoms with Crippen LogP contribution < -0.4 is 5.73 Å². The van der Waals surface area contributed by atoms with Crippen molar-refractivity contribution in [2.45, 2.75) is 57.8 Å². The highest BCUT2D eigenvalue weighted by atomic mass is 14.6. The number of hydrogen-bond donors (Lipinski definition) is 1. The molecule has 1 heteroatoms. The molecule has 2 saturated carbocycles. The molecule has 0 saturated heterocycles. The average Bonchev–Trinajstić information content (AvgIpc) is 2.20. The SMILES string of the molecule is [NH3+]CC1CCC2(CCCCC2)CC1.